The molecule has 0 N–H and O–H groups in total. The summed E-state index contributed by atoms with van der Waals surface area (Å²) < 4.78 is 11.4. The summed E-state index contributed by atoms with van der Waals surface area (Å²) >= 11 is 0. The molecule has 0 unspecified atom stereocenters. The van der Waals surface area contributed by atoms with E-state index in [2.05, 4.69) is 41.5 Å². The third-order valence-electron chi connectivity index (χ3n) is 6.81. The Morgan fingerprint density at radius 2 is 1.07 bits per heavy atom. The van der Waals surface area contributed by atoms with Crippen LogP contribution < -0.4 is 0 Å². The van der Waals surface area contributed by atoms with Crippen LogP contribution in [0.2, 0.25) is 0 Å². The molecule has 0 radical (unpaired) electrons. The van der Waals surface area contributed by atoms with Crippen LogP contribution in [-0.4, -0.2) is 24.1 Å². The van der Waals surface area contributed by atoms with Gasteiger partial charge >= 0.3 is 11.9 Å². The van der Waals surface area contributed by atoms with E-state index in [0.29, 0.717) is 35.5 Å². The number of rotatable bonds is 6. The monoisotopic (exact) mass is 392 g/mol. The van der Waals surface area contributed by atoms with Crippen molar-refractivity contribution in [1.29, 1.82) is 0 Å². The van der Waals surface area contributed by atoms with Crippen LogP contribution >= 0.6 is 0 Å². The predicted molar refractivity (Wildman–Crippen MR) is 112 cm³/mol. The zero-order valence-corrected chi connectivity index (χ0v) is 18.6. The molecule has 0 amide bonds. The van der Waals surface area contributed by atoms with Crippen LogP contribution in [0.1, 0.15) is 80.1 Å². The summed E-state index contributed by atoms with van der Waals surface area (Å²) in [5, 5.41) is 0. The van der Waals surface area contributed by atoms with Crippen LogP contribution in [0.4, 0.5) is 0 Å². The van der Waals surface area contributed by atoms with Crippen molar-refractivity contribution in [2.45, 2.75) is 92.3 Å². The van der Waals surface area contributed by atoms with E-state index in [9.17, 15) is 9.59 Å². The molecule has 0 aromatic heterocycles. The predicted octanol–water partition coefficient (Wildman–Crippen LogP) is 5.55. The highest BCUT2D eigenvalue weighted by Crippen LogP contribution is 2.36. The second-order valence-electron chi connectivity index (χ2n) is 9.94. The van der Waals surface area contributed by atoms with Crippen molar-refractivity contribution in [2.75, 3.05) is 0 Å². The molecular weight excluding hydrogens is 352 g/mol. The Hall–Kier alpha value is -1.32. The molecule has 0 aromatic carbocycles. The van der Waals surface area contributed by atoms with Gasteiger partial charge in [0.15, 0.2) is 0 Å². The van der Waals surface area contributed by atoms with E-state index in [4.69, 9.17) is 9.47 Å². The van der Waals surface area contributed by atoms with E-state index in [0.717, 1.165) is 25.7 Å². The van der Waals surface area contributed by atoms with E-state index < -0.39 is 11.9 Å². The fraction of sp³-hybridized carbons (Fsp3) is 0.833. The van der Waals surface area contributed by atoms with Gasteiger partial charge in [-0.3, -0.25) is 0 Å². The summed E-state index contributed by atoms with van der Waals surface area (Å²) in [5.74, 6) is 2.05. The van der Waals surface area contributed by atoms with E-state index in [1.165, 1.54) is 25.0 Å². The van der Waals surface area contributed by atoms with E-state index in [1.807, 2.05) is 0 Å². The van der Waals surface area contributed by atoms with Crippen molar-refractivity contribution in [3.63, 3.8) is 0 Å². The molecule has 0 aromatic rings. The Kier molecular flexibility index (Phi) is 8.57. The number of carbonyl (C=O) groups is 2. The summed E-state index contributed by atoms with van der Waals surface area (Å²) in [7, 11) is 0. The van der Waals surface area contributed by atoms with Gasteiger partial charge in [0.2, 0.25) is 0 Å². The maximum Gasteiger partial charge on any atom is 0.331 e. The first kappa shape index (κ1) is 23.0. The third-order valence-corrected chi connectivity index (χ3v) is 6.81. The highest BCUT2D eigenvalue weighted by atomic mass is 16.5. The van der Waals surface area contributed by atoms with Gasteiger partial charge in [0.05, 0.1) is 0 Å². The Morgan fingerprint density at radius 3 is 1.39 bits per heavy atom. The maximum absolute atomic E-state index is 12.3. The van der Waals surface area contributed by atoms with Crippen LogP contribution in [0.5, 0.6) is 0 Å². The molecule has 2 aliphatic carbocycles. The molecule has 6 atom stereocenters. The molecule has 0 heterocycles. The molecule has 2 rings (SSSR count). The highest BCUT2D eigenvalue weighted by molar-refractivity contribution is 5.91. The van der Waals surface area contributed by atoms with Crippen LogP contribution in [-0.2, 0) is 19.1 Å². The lowest BCUT2D eigenvalue weighted by Gasteiger charge is -2.36. The molecule has 2 saturated carbocycles. The van der Waals surface area contributed by atoms with Crippen LogP contribution in [0, 0.1) is 35.5 Å². The topological polar surface area (TPSA) is 52.6 Å². The number of esters is 2. The molecular formula is C24H40O4. The number of hydrogen-bond acceptors (Lipinski definition) is 4. The van der Waals surface area contributed by atoms with Crippen LogP contribution in [0.15, 0.2) is 12.2 Å². The van der Waals surface area contributed by atoms with Gasteiger partial charge in [-0.2, -0.15) is 0 Å². The lowest BCUT2D eigenvalue weighted by Crippen LogP contribution is -2.36. The number of ether oxygens (including phenoxy) is 2. The summed E-state index contributed by atoms with van der Waals surface area (Å²) in [6, 6.07) is 0. The summed E-state index contributed by atoms with van der Waals surface area (Å²) in [6.45, 7) is 13.2. The first-order valence-corrected chi connectivity index (χ1v) is 11.3. The summed E-state index contributed by atoms with van der Waals surface area (Å²) in [6.07, 6.45) is 8.77. The first-order valence-electron chi connectivity index (χ1n) is 11.3. The Morgan fingerprint density at radius 1 is 0.714 bits per heavy atom. The SMILES string of the molecule is CC(C)[C@H]1CC[C@H](C)C[C@@H]1OC(=O)/C=C/C(=O)O[C@H]1C[C@@H](C)CC[C@@H]1C(C)C. The Labute approximate surface area is 171 Å². The van der Waals surface area contributed by atoms with Gasteiger partial charge in [-0.15, -0.1) is 0 Å². The lowest BCUT2D eigenvalue weighted by molar-refractivity contribution is -0.152. The lowest BCUT2D eigenvalue weighted by atomic mass is 9.75. The number of hydrogen-bond donors (Lipinski definition) is 0. The highest BCUT2D eigenvalue weighted by Gasteiger charge is 2.34. The largest absolute Gasteiger partial charge is 0.459 e. The molecule has 0 spiro atoms. The molecule has 28 heavy (non-hydrogen) atoms. The van der Waals surface area contributed by atoms with Crippen molar-refractivity contribution in [3.05, 3.63) is 12.2 Å². The van der Waals surface area contributed by atoms with Crippen molar-refractivity contribution in [1.82, 2.24) is 0 Å². The van der Waals surface area contributed by atoms with Crippen molar-refractivity contribution in [3.8, 4) is 0 Å². The third kappa shape index (κ3) is 6.63. The van der Waals surface area contributed by atoms with Gasteiger partial charge in [0, 0.05) is 12.2 Å². The first-order chi connectivity index (χ1) is 13.2. The number of carbonyl (C=O) groups excluding carboxylic acids is 2. The molecule has 2 aliphatic rings. The van der Waals surface area contributed by atoms with Crippen LogP contribution in [0.25, 0.3) is 0 Å². The second-order valence-corrected chi connectivity index (χ2v) is 9.94. The van der Waals surface area contributed by atoms with Gasteiger partial charge in [0.1, 0.15) is 12.2 Å². The maximum atomic E-state index is 12.3. The van der Waals surface area contributed by atoms with Gasteiger partial charge in [-0.1, -0.05) is 54.4 Å². The average Bonchev–Trinajstić information content (AvgIpc) is 2.59. The molecule has 4 heteroatoms. The molecule has 2 fully saturated rings. The molecule has 0 saturated heterocycles. The van der Waals surface area contributed by atoms with E-state index >= 15 is 0 Å². The molecule has 4 nitrogen and oxygen atoms in total. The summed E-state index contributed by atoms with van der Waals surface area (Å²) in [5.41, 5.74) is 0. The molecule has 0 aliphatic heterocycles. The van der Waals surface area contributed by atoms with E-state index in [-0.39, 0.29) is 12.2 Å². The average molecular weight is 393 g/mol. The Balaban J connectivity index is 1.89. The van der Waals surface area contributed by atoms with Gasteiger partial charge in [-0.25, -0.2) is 9.59 Å². The standard InChI is InChI=1S/C24H40O4/c1-15(2)19-9-7-17(5)13-21(19)27-23(25)11-12-24(26)28-22-14-18(6)8-10-20(22)16(3)4/h11-12,15-22H,7-10,13-14H2,1-6H3/b12-11+/t17-,18-,19+,20+,21-,22-/m0/s1. The summed E-state index contributed by atoms with van der Waals surface area (Å²) in [4.78, 5) is 24.6. The minimum Gasteiger partial charge on any atom is -0.459 e. The minimum absolute atomic E-state index is 0.0542. The van der Waals surface area contributed by atoms with Crippen molar-refractivity contribution in [2.24, 2.45) is 35.5 Å². The quantitative estimate of drug-likeness (QED) is 0.439. The van der Waals surface area contributed by atoms with Crippen molar-refractivity contribution < 1.29 is 19.1 Å². The zero-order valence-electron chi connectivity index (χ0n) is 18.6. The van der Waals surface area contributed by atoms with Crippen molar-refractivity contribution >= 4 is 11.9 Å². The van der Waals surface area contributed by atoms with Gasteiger partial charge < -0.3 is 9.47 Å². The van der Waals surface area contributed by atoms with E-state index in [1.54, 1.807) is 0 Å². The fourth-order valence-corrected chi connectivity index (χ4v) is 5.01. The minimum atomic E-state index is -0.431. The van der Waals surface area contributed by atoms with Crippen LogP contribution in [0.3, 0.4) is 0 Å². The Bertz CT molecular complexity index is 503. The zero-order chi connectivity index (χ0) is 20.8. The molecule has 160 valence electrons. The second kappa shape index (κ2) is 10.5. The smallest absolute Gasteiger partial charge is 0.331 e. The van der Waals surface area contributed by atoms with Gasteiger partial charge in [0.25, 0.3) is 0 Å². The van der Waals surface area contributed by atoms with Gasteiger partial charge in [-0.05, 0) is 61.2 Å². The molecule has 0 bridgehead atoms. The fourth-order valence-electron chi connectivity index (χ4n) is 5.01. The normalized spacial score (nSPS) is 34.0.